The largest absolute Gasteiger partial charge is 0.478 e. The SMILES string of the molecule is O=C(O)C1=CC(=NNc2ccc(S(=O)(=O)Nc3ccccn3)cc2)C=CC1=O. The van der Waals surface area contributed by atoms with Gasteiger partial charge in [-0.05, 0) is 54.6 Å². The second-order valence-electron chi connectivity index (χ2n) is 5.55. The minimum atomic E-state index is -3.79. The quantitative estimate of drug-likeness (QED) is 0.383. The van der Waals surface area contributed by atoms with Crippen molar-refractivity contribution in [1.82, 2.24) is 4.98 Å². The number of allylic oxidation sites excluding steroid dienone is 3. The van der Waals surface area contributed by atoms with Crippen molar-refractivity contribution in [1.29, 1.82) is 0 Å². The molecule has 0 amide bonds. The summed E-state index contributed by atoms with van der Waals surface area (Å²) in [5, 5.41) is 13.0. The van der Waals surface area contributed by atoms with Crippen molar-refractivity contribution in [2.45, 2.75) is 4.90 Å². The Hall–Kier alpha value is -3.79. The number of sulfonamides is 1. The zero-order chi connectivity index (χ0) is 20.1. The Morgan fingerprint density at radius 1 is 1.07 bits per heavy atom. The van der Waals surface area contributed by atoms with Crippen LogP contribution >= 0.6 is 0 Å². The van der Waals surface area contributed by atoms with E-state index in [1.165, 1.54) is 42.6 Å². The molecule has 9 nitrogen and oxygen atoms in total. The summed E-state index contributed by atoms with van der Waals surface area (Å²) in [6.45, 7) is 0. The molecule has 1 aromatic carbocycles. The number of aliphatic carboxylic acids is 1. The topological polar surface area (TPSA) is 138 Å². The Kier molecular flexibility index (Phi) is 5.32. The molecule has 28 heavy (non-hydrogen) atoms. The molecule has 1 aromatic heterocycles. The predicted octanol–water partition coefficient (Wildman–Crippen LogP) is 1.80. The standard InChI is InChI=1S/C18H14N4O5S/c23-16-9-6-13(11-15(16)18(24)25)21-20-12-4-7-14(8-5-12)28(26,27)22-17-3-1-2-10-19-17/h1-11,20H,(H,19,22)(H,24,25). The van der Waals surface area contributed by atoms with Gasteiger partial charge in [0.1, 0.15) is 11.4 Å². The Morgan fingerprint density at radius 3 is 2.46 bits per heavy atom. The van der Waals surface area contributed by atoms with Crippen LogP contribution in [0.15, 0.2) is 82.5 Å². The van der Waals surface area contributed by atoms with Crippen LogP contribution in [0, 0.1) is 0 Å². The summed E-state index contributed by atoms with van der Waals surface area (Å²) in [7, 11) is -3.79. The molecule has 3 N–H and O–H groups in total. The van der Waals surface area contributed by atoms with Crippen molar-refractivity contribution in [2.24, 2.45) is 5.10 Å². The number of ketones is 1. The van der Waals surface area contributed by atoms with E-state index in [2.05, 4.69) is 20.2 Å². The van der Waals surface area contributed by atoms with Gasteiger partial charge >= 0.3 is 5.97 Å². The molecule has 2 aromatic rings. The highest BCUT2D eigenvalue weighted by Crippen LogP contribution is 2.17. The normalized spacial score (nSPS) is 15.2. The van der Waals surface area contributed by atoms with Gasteiger partial charge in [0.05, 0.1) is 16.3 Å². The third-order valence-electron chi connectivity index (χ3n) is 3.58. The van der Waals surface area contributed by atoms with Crippen LogP contribution in [0.2, 0.25) is 0 Å². The molecule has 0 bridgehead atoms. The summed E-state index contributed by atoms with van der Waals surface area (Å²) >= 11 is 0. The van der Waals surface area contributed by atoms with Gasteiger partial charge in [0.25, 0.3) is 10.0 Å². The summed E-state index contributed by atoms with van der Waals surface area (Å²) in [4.78, 5) is 26.4. The van der Waals surface area contributed by atoms with Crippen molar-refractivity contribution in [3.05, 3.63) is 72.5 Å². The summed E-state index contributed by atoms with van der Waals surface area (Å²) < 4.78 is 27.1. The molecular weight excluding hydrogens is 384 g/mol. The summed E-state index contributed by atoms with van der Waals surface area (Å²) in [5.74, 6) is -1.74. The second-order valence-corrected chi connectivity index (χ2v) is 7.24. The van der Waals surface area contributed by atoms with E-state index in [1.807, 2.05) is 0 Å². The first-order chi connectivity index (χ1) is 13.3. The number of anilines is 2. The molecular formula is C18H14N4O5S. The van der Waals surface area contributed by atoms with Crippen LogP contribution in [0.1, 0.15) is 0 Å². The molecule has 0 saturated heterocycles. The van der Waals surface area contributed by atoms with E-state index in [4.69, 9.17) is 5.11 Å². The molecule has 0 unspecified atom stereocenters. The maximum atomic E-state index is 12.3. The lowest BCUT2D eigenvalue weighted by Gasteiger charge is -2.08. The lowest BCUT2D eigenvalue weighted by Crippen LogP contribution is -2.16. The molecule has 10 heteroatoms. The van der Waals surface area contributed by atoms with Gasteiger partial charge in [0, 0.05) is 6.20 Å². The summed E-state index contributed by atoms with van der Waals surface area (Å²) in [5.41, 5.74) is 3.01. The fourth-order valence-corrected chi connectivity index (χ4v) is 3.22. The Balaban J connectivity index is 1.72. The monoisotopic (exact) mass is 398 g/mol. The summed E-state index contributed by atoms with van der Waals surface area (Å²) in [6.07, 6.45) is 5.11. The number of aromatic nitrogens is 1. The number of rotatable bonds is 6. The van der Waals surface area contributed by atoms with Crippen LogP contribution in [0.3, 0.4) is 0 Å². The predicted molar refractivity (Wildman–Crippen MR) is 102 cm³/mol. The van der Waals surface area contributed by atoms with Crippen LogP contribution in [0.4, 0.5) is 11.5 Å². The van der Waals surface area contributed by atoms with Crippen molar-refractivity contribution in [2.75, 3.05) is 10.1 Å². The lowest BCUT2D eigenvalue weighted by molar-refractivity contribution is -0.134. The number of nitrogens with one attached hydrogen (secondary N) is 2. The fraction of sp³-hybridized carbons (Fsp3) is 0. The zero-order valence-electron chi connectivity index (χ0n) is 14.2. The maximum Gasteiger partial charge on any atom is 0.339 e. The van der Waals surface area contributed by atoms with Crippen LogP contribution in [0.25, 0.3) is 0 Å². The Labute approximate surface area is 160 Å². The molecule has 1 aliphatic carbocycles. The average Bonchev–Trinajstić information content (AvgIpc) is 2.68. The van der Waals surface area contributed by atoms with Gasteiger partial charge in [-0.2, -0.15) is 5.10 Å². The highest BCUT2D eigenvalue weighted by Gasteiger charge is 2.19. The van der Waals surface area contributed by atoms with Crippen molar-refractivity contribution in [3.8, 4) is 0 Å². The van der Waals surface area contributed by atoms with Gasteiger partial charge < -0.3 is 5.11 Å². The maximum absolute atomic E-state index is 12.3. The molecule has 142 valence electrons. The van der Waals surface area contributed by atoms with Gasteiger partial charge in [-0.15, -0.1) is 0 Å². The molecule has 0 fully saturated rings. The molecule has 0 saturated carbocycles. The van der Waals surface area contributed by atoms with E-state index in [-0.39, 0.29) is 22.0 Å². The third-order valence-corrected chi connectivity index (χ3v) is 4.95. The number of carbonyl (C=O) groups excluding carboxylic acids is 1. The Morgan fingerprint density at radius 2 is 1.82 bits per heavy atom. The van der Waals surface area contributed by atoms with Gasteiger partial charge in [-0.3, -0.25) is 14.9 Å². The van der Waals surface area contributed by atoms with Crippen molar-refractivity contribution >= 4 is 39.0 Å². The van der Waals surface area contributed by atoms with Gasteiger partial charge in [0.15, 0.2) is 5.78 Å². The number of carbonyl (C=O) groups is 2. The number of nitrogens with zero attached hydrogens (tertiary/aromatic N) is 2. The molecule has 0 atom stereocenters. The lowest BCUT2D eigenvalue weighted by atomic mass is 10.0. The second kappa shape index (κ2) is 7.84. The number of hydrazone groups is 1. The first-order valence-corrected chi connectivity index (χ1v) is 9.38. The number of benzene rings is 1. The molecule has 3 rings (SSSR count). The van der Waals surface area contributed by atoms with Crippen LogP contribution < -0.4 is 10.1 Å². The first-order valence-electron chi connectivity index (χ1n) is 7.90. The van der Waals surface area contributed by atoms with Crippen molar-refractivity contribution in [3.63, 3.8) is 0 Å². The fourth-order valence-electron chi connectivity index (χ4n) is 2.21. The minimum absolute atomic E-state index is 0.0348. The number of hydrogen-bond donors (Lipinski definition) is 3. The molecule has 0 aliphatic heterocycles. The van der Waals surface area contributed by atoms with E-state index in [1.54, 1.807) is 12.1 Å². The molecule has 1 heterocycles. The van der Waals surface area contributed by atoms with Crippen molar-refractivity contribution < 1.29 is 23.1 Å². The van der Waals surface area contributed by atoms with E-state index >= 15 is 0 Å². The summed E-state index contributed by atoms with van der Waals surface area (Å²) in [6, 6.07) is 10.6. The number of pyridine rings is 1. The molecule has 0 spiro atoms. The molecule has 0 radical (unpaired) electrons. The van der Waals surface area contributed by atoms with E-state index in [0.29, 0.717) is 5.69 Å². The number of carboxylic acid groups (broad SMARTS) is 1. The van der Waals surface area contributed by atoms with E-state index < -0.39 is 21.8 Å². The van der Waals surface area contributed by atoms with E-state index in [0.717, 1.165) is 12.2 Å². The van der Waals surface area contributed by atoms with Crippen LogP contribution in [0.5, 0.6) is 0 Å². The zero-order valence-corrected chi connectivity index (χ0v) is 15.1. The van der Waals surface area contributed by atoms with Gasteiger partial charge in [-0.25, -0.2) is 18.2 Å². The average molecular weight is 398 g/mol. The third kappa shape index (κ3) is 4.48. The highest BCUT2D eigenvalue weighted by molar-refractivity contribution is 7.92. The van der Waals surface area contributed by atoms with Gasteiger partial charge in [0.2, 0.25) is 0 Å². The minimum Gasteiger partial charge on any atom is -0.478 e. The van der Waals surface area contributed by atoms with Crippen LogP contribution in [-0.2, 0) is 19.6 Å². The van der Waals surface area contributed by atoms with E-state index in [9.17, 15) is 18.0 Å². The number of hydrogen-bond acceptors (Lipinski definition) is 7. The first kappa shape index (κ1) is 19.0. The highest BCUT2D eigenvalue weighted by atomic mass is 32.2. The molecule has 1 aliphatic rings. The van der Waals surface area contributed by atoms with Crippen LogP contribution in [-0.4, -0.2) is 36.0 Å². The Bertz CT molecular complexity index is 1100. The number of carboxylic acids is 1. The smallest absolute Gasteiger partial charge is 0.339 e. The van der Waals surface area contributed by atoms with Gasteiger partial charge in [-0.1, -0.05) is 6.07 Å².